The van der Waals surface area contributed by atoms with Crippen LogP contribution < -0.4 is 0 Å². The van der Waals surface area contributed by atoms with Gasteiger partial charge in [-0.3, -0.25) is 9.79 Å². The molecule has 1 atom stereocenters. The second-order valence-electron chi connectivity index (χ2n) is 5.40. The number of rotatable bonds is 2. The molecule has 5 heteroatoms. The summed E-state index contributed by atoms with van der Waals surface area (Å²) in [4.78, 5) is 16.9. The summed E-state index contributed by atoms with van der Waals surface area (Å²) in [5, 5.41) is 11.8. The molecule has 0 aliphatic carbocycles. The van der Waals surface area contributed by atoms with E-state index in [0.717, 1.165) is 5.56 Å². The maximum atomic E-state index is 12.7. The number of carbonyl (C=O) groups is 1. The molecule has 122 valence electrons. The van der Waals surface area contributed by atoms with Crippen molar-refractivity contribution in [2.75, 3.05) is 7.05 Å². The van der Waals surface area contributed by atoms with Crippen molar-refractivity contribution in [2.24, 2.45) is 4.99 Å². The second-order valence-corrected chi connectivity index (χ2v) is 7.03. The zero-order valence-electron chi connectivity index (χ0n) is 13.1. The molecule has 1 saturated heterocycles. The first-order valence-corrected chi connectivity index (χ1v) is 8.77. The van der Waals surface area contributed by atoms with E-state index in [2.05, 4.69) is 4.99 Å². The third-order valence-electron chi connectivity index (χ3n) is 3.85. The SMILES string of the molecule is CN=C1S[C@H](c2ccc(Cl)cc2)CC(=O)C1=C(O)c1ccccc1. The van der Waals surface area contributed by atoms with Gasteiger partial charge in [0, 0.05) is 29.3 Å². The van der Waals surface area contributed by atoms with Gasteiger partial charge < -0.3 is 5.11 Å². The number of hydrogen-bond acceptors (Lipinski definition) is 4. The topological polar surface area (TPSA) is 49.7 Å². The molecule has 3 rings (SSSR count). The van der Waals surface area contributed by atoms with Gasteiger partial charge in [0.1, 0.15) is 10.8 Å². The van der Waals surface area contributed by atoms with E-state index >= 15 is 0 Å². The fourth-order valence-electron chi connectivity index (χ4n) is 2.63. The maximum absolute atomic E-state index is 12.7. The number of aliphatic imine (C=N–C) groups is 1. The first-order chi connectivity index (χ1) is 11.6. The average molecular weight is 358 g/mol. The first kappa shape index (κ1) is 16.8. The van der Waals surface area contributed by atoms with Crippen LogP contribution in [0.15, 0.2) is 65.2 Å². The Morgan fingerprint density at radius 1 is 1.17 bits per heavy atom. The van der Waals surface area contributed by atoms with E-state index in [4.69, 9.17) is 11.6 Å². The summed E-state index contributed by atoms with van der Waals surface area (Å²) in [6.45, 7) is 0. The van der Waals surface area contributed by atoms with E-state index in [0.29, 0.717) is 27.6 Å². The van der Waals surface area contributed by atoms with Gasteiger partial charge in [-0.25, -0.2) is 0 Å². The number of aliphatic hydroxyl groups is 1. The Hall–Kier alpha value is -2.04. The van der Waals surface area contributed by atoms with Crippen molar-refractivity contribution in [1.82, 2.24) is 0 Å². The molecular weight excluding hydrogens is 342 g/mol. The lowest BCUT2D eigenvalue weighted by Gasteiger charge is -2.25. The van der Waals surface area contributed by atoms with Crippen LogP contribution >= 0.6 is 23.4 Å². The van der Waals surface area contributed by atoms with Gasteiger partial charge in [0.25, 0.3) is 0 Å². The minimum Gasteiger partial charge on any atom is -0.506 e. The van der Waals surface area contributed by atoms with Gasteiger partial charge in [-0.05, 0) is 17.7 Å². The zero-order valence-corrected chi connectivity index (χ0v) is 14.6. The Morgan fingerprint density at radius 3 is 2.46 bits per heavy atom. The molecule has 0 spiro atoms. The number of carbonyl (C=O) groups excluding carboxylic acids is 1. The summed E-state index contributed by atoms with van der Waals surface area (Å²) in [5.41, 5.74) is 1.95. The van der Waals surface area contributed by atoms with Crippen LogP contribution in [-0.2, 0) is 4.79 Å². The second kappa shape index (κ2) is 7.24. The molecule has 1 fully saturated rings. The van der Waals surface area contributed by atoms with E-state index in [9.17, 15) is 9.90 Å². The molecule has 1 aliphatic heterocycles. The van der Waals surface area contributed by atoms with Crippen molar-refractivity contribution >= 4 is 39.9 Å². The van der Waals surface area contributed by atoms with E-state index < -0.39 is 0 Å². The molecule has 3 nitrogen and oxygen atoms in total. The molecule has 1 heterocycles. The van der Waals surface area contributed by atoms with Crippen molar-refractivity contribution in [3.8, 4) is 0 Å². The Morgan fingerprint density at radius 2 is 1.83 bits per heavy atom. The van der Waals surface area contributed by atoms with Crippen molar-refractivity contribution in [3.63, 3.8) is 0 Å². The fraction of sp³-hybridized carbons (Fsp3) is 0.158. The lowest BCUT2D eigenvalue weighted by atomic mass is 9.99. The molecule has 2 aromatic carbocycles. The third kappa shape index (κ3) is 3.40. The quantitative estimate of drug-likeness (QED) is 0.602. The summed E-state index contributed by atoms with van der Waals surface area (Å²) in [7, 11) is 1.64. The molecule has 1 aliphatic rings. The molecule has 1 N–H and O–H groups in total. The van der Waals surface area contributed by atoms with Crippen LogP contribution in [-0.4, -0.2) is 23.0 Å². The third-order valence-corrected chi connectivity index (χ3v) is 5.43. The lowest BCUT2D eigenvalue weighted by Crippen LogP contribution is -2.22. The Kier molecular flexibility index (Phi) is 5.07. The summed E-state index contributed by atoms with van der Waals surface area (Å²) in [6.07, 6.45) is 0.317. The molecular formula is C19H16ClNO2S. The molecule has 2 aromatic rings. The molecule has 0 saturated carbocycles. The van der Waals surface area contributed by atoms with Gasteiger partial charge in [0.15, 0.2) is 5.78 Å². The first-order valence-electron chi connectivity index (χ1n) is 7.51. The minimum atomic E-state index is -0.101. The highest BCUT2D eigenvalue weighted by Gasteiger charge is 2.33. The normalized spacial score (nSPS) is 21.8. The minimum absolute atomic E-state index is 0.0109. The molecule has 0 amide bonds. The summed E-state index contributed by atoms with van der Waals surface area (Å²) >= 11 is 7.42. The number of aliphatic hydroxyl groups excluding tert-OH is 1. The fourth-order valence-corrected chi connectivity index (χ4v) is 3.98. The smallest absolute Gasteiger partial charge is 0.170 e. The summed E-state index contributed by atoms with van der Waals surface area (Å²) in [5.74, 6) is -0.112. The number of nitrogens with zero attached hydrogens (tertiary/aromatic N) is 1. The molecule has 0 radical (unpaired) electrons. The monoisotopic (exact) mass is 357 g/mol. The molecule has 0 bridgehead atoms. The van der Waals surface area contributed by atoms with Crippen LogP contribution in [0.4, 0.5) is 0 Å². The van der Waals surface area contributed by atoms with Crippen molar-refractivity contribution in [1.29, 1.82) is 0 Å². The van der Waals surface area contributed by atoms with Gasteiger partial charge in [0.2, 0.25) is 0 Å². The average Bonchev–Trinajstić information content (AvgIpc) is 2.61. The standard InChI is InChI=1S/C19H16ClNO2S/c1-21-19-17(18(23)13-5-3-2-4-6-13)15(22)11-16(24-19)12-7-9-14(20)10-8-12/h2-10,16,23H,11H2,1H3/t16-/m0/s1. The predicted molar refractivity (Wildman–Crippen MR) is 101 cm³/mol. The van der Waals surface area contributed by atoms with Crippen LogP contribution in [0.2, 0.25) is 5.02 Å². The number of halogens is 1. The van der Waals surface area contributed by atoms with E-state index in [1.54, 1.807) is 19.2 Å². The maximum Gasteiger partial charge on any atom is 0.170 e. The zero-order chi connectivity index (χ0) is 17.1. The summed E-state index contributed by atoms with van der Waals surface area (Å²) in [6, 6.07) is 16.5. The van der Waals surface area contributed by atoms with Crippen LogP contribution in [0.5, 0.6) is 0 Å². The van der Waals surface area contributed by atoms with Crippen LogP contribution in [0, 0.1) is 0 Å². The van der Waals surface area contributed by atoms with Crippen LogP contribution in [0.25, 0.3) is 5.76 Å². The van der Waals surface area contributed by atoms with E-state index in [-0.39, 0.29) is 16.8 Å². The highest BCUT2D eigenvalue weighted by molar-refractivity contribution is 8.14. The van der Waals surface area contributed by atoms with Crippen molar-refractivity contribution in [3.05, 3.63) is 76.3 Å². The lowest BCUT2D eigenvalue weighted by molar-refractivity contribution is -0.115. The van der Waals surface area contributed by atoms with Gasteiger partial charge in [0.05, 0.1) is 5.57 Å². The van der Waals surface area contributed by atoms with E-state index in [1.807, 2.05) is 42.5 Å². The van der Waals surface area contributed by atoms with Gasteiger partial charge in [-0.2, -0.15) is 0 Å². The number of benzene rings is 2. The number of ketones is 1. The van der Waals surface area contributed by atoms with Crippen molar-refractivity contribution in [2.45, 2.75) is 11.7 Å². The van der Waals surface area contributed by atoms with Crippen LogP contribution in [0.1, 0.15) is 22.8 Å². The number of Topliss-reactive ketones (excluding diaryl/α,β-unsaturated/α-hetero) is 1. The Bertz CT molecular complexity index is 813. The van der Waals surface area contributed by atoms with Gasteiger partial charge in [-0.15, -0.1) is 0 Å². The molecule has 24 heavy (non-hydrogen) atoms. The highest BCUT2D eigenvalue weighted by atomic mass is 35.5. The Balaban J connectivity index is 1.96. The van der Waals surface area contributed by atoms with Crippen molar-refractivity contribution < 1.29 is 9.90 Å². The molecule has 0 aromatic heterocycles. The number of hydrogen-bond donors (Lipinski definition) is 1. The highest BCUT2D eigenvalue weighted by Crippen LogP contribution is 2.42. The number of thioether (sulfide) groups is 1. The van der Waals surface area contributed by atoms with Gasteiger partial charge >= 0.3 is 0 Å². The van der Waals surface area contributed by atoms with E-state index in [1.165, 1.54) is 11.8 Å². The Labute approximate surface area is 150 Å². The van der Waals surface area contributed by atoms with Gasteiger partial charge in [-0.1, -0.05) is 65.8 Å². The van der Waals surface area contributed by atoms with Crippen LogP contribution in [0.3, 0.4) is 0 Å². The molecule has 0 unspecified atom stereocenters. The summed E-state index contributed by atoms with van der Waals surface area (Å²) < 4.78 is 0. The largest absolute Gasteiger partial charge is 0.506 e. The predicted octanol–water partition coefficient (Wildman–Crippen LogP) is 5.08.